The highest BCUT2D eigenvalue weighted by molar-refractivity contribution is 5.48. The molecule has 2 heterocycles. The van der Waals surface area contributed by atoms with Gasteiger partial charge in [-0.05, 0) is 37.1 Å². The number of aliphatic hydroxyl groups is 2. The predicted octanol–water partition coefficient (Wildman–Crippen LogP) is 2.58. The molecule has 1 unspecified atom stereocenters. The Morgan fingerprint density at radius 2 is 1.67 bits per heavy atom. The Labute approximate surface area is 191 Å². The van der Waals surface area contributed by atoms with Crippen LogP contribution in [0, 0.1) is 17.5 Å². The molecule has 2 aliphatic rings. The average Bonchev–Trinajstić information content (AvgIpc) is 2.97. The second-order valence-corrected chi connectivity index (χ2v) is 9.01. The number of ether oxygens (including phenoxy) is 2. The highest BCUT2D eigenvalue weighted by Gasteiger charge is 2.39. The molecule has 2 aromatic carbocycles. The number of rotatable bonds is 6. The first-order valence-electron chi connectivity index (χ1n) is 11.1. The molecule has 0 bridgehead atoms. The third-order valence-electron chi connectivity index (χ3n) is 6.24. The van der Waals surface area contributed by atoms with E-state index in [9.17, 15) is 23.4 Å². The van der Waals surface area contributed by atoms with Crippen LogP contribution in [0.15, 0.2) is 42.5 Å². The van der Waals surface area contributed by atoms with E-state index in [1.165, 1.54) is 12.1 Å². The average molecular weight is 467 g/mol. The zero-order valence-corrected chi connectivity index (χ0v) is 18.4. The fraction of sp³-hybridized carbons (Fsp3) is 0.500. The van der Waals surface area contributed by atoms with Crippen molar-refractivity contribution in [3.63, 3.8) is 0 Å². The molecule has 33 heavy (non-hydrogen) atoms. The molecule has 2 saturated heterocycles. The molecule has 6 nitrogen and oxygen atoms in total. The van der Waals surface area contributed by atoms with Gasteiger partial charge in [-0.1, -0.05) is 12.1 Å². The maximum absolute atomic E-state index is 14.1. The molecule has 2 N–H and O–H groups in total. The minimum absolute atomic E-state index is 0.0205. The summed E-state index contributed by atoms with van der Waals surface area (Å²) in [6.07, 6.45) is 0.922. The van der Waals surface area contributed by atoms with E-state index in [-0.39, 0.29) is 31.3 Å². The predicted molar refractivity (Wildman–Crippen MR) is 117 cm³/mol. The van der Waals surface area contributed by atoms with Crippen LogP contribution in [0.1, 0.15) is 12.8 Å². The molecule has 2 aliphatic heterocycles. The molecule has 1 atom stereocenters. The second-order valence-electron chi connectivity index (χ2n) is 9.01. The van der Waals surface area contributed by atoms with Crippen LogP contribution in [0.3, 0.4) is 0 Å². The molecule has 2 aromatic rings. The van der Waals surface area contributed by atoms with Crippen molar-refractivity contribution < 1.29 is 32.9 Å². The fourth-order valence-corrected chi connectivity index (χ4v) is 4.45. The number of nitrogens with zero attached hydrogens (tertiary/aromatic N) is 2. The molecule has 0 spiro atoms. The molecular formula is C24H29F3N2O4. The minimum atomic E-state index is -1.38. The van der Waals surface area contributed by atoms with Crippen LogP contribution < -0.4 is 9.64 Å². The van der Waals surface area contributed by atoms with E-state index in [0.29, 0.717) is 51.3 Å². The molecule has 0 aliphatic carbocycles. The van der Waals surface area contributed by atoms with Crippen molar-refractivity contribution in [2.24, 2.45) is 0 Å². The van der Waals surface area contributed by atoms with Gasteiger partial charge in [-0.2, -0.15) is 0 Å². The van der Waals surface area contributed by atoms with Crippen LogP contribution >= 0.6 is 0 Å². The van der Waals surface area contributed by atoms with E-state index in [4.69, 9.17) is 9.47 Å². The van der Waals surface area contributed by atoms with Crippen molar-refractivity contribution in [1.29, 1.82) is 0 Å². The first-order valence-corrected chi connectivity index (χ1v) is 11.1. The fourth-order valence-electron chi connectivity index (χ4n) is 4.45. The summed E-state index contributed by atoms with van der Waals surface area (Å²) in [5, 5.41) is 22.2. The van der Waals surface area contributed by atoms with Gasteiger partial charge in [-0.3, -0.25) is 4.90 Å². The Balaban J connectivity index is 1.34. The highest BCUT2D eigenvalue weighted by atomic mass is 19.2. The maximum atomic E-state index is 14.1. The van der Waals surface area contributed by atoms with Gasteiger partial charge < -0.3 is 24.6 Å². The summed E-state index contributed by atoms with van der Waals surface area (Å²) in [5.41, 5.74) is -1.83. The van der Waals surface area contributed by atoms with Gasteiger partial charge in [0.1, 0.15) is 23.8 Å². The Hall–Kier alpha value is -2.33. The molecule has 180 valence electrons. The zero-order valence-electron chi connectivity index (χ0n) is 18.4. The maximum Gasteiger partial charge on any atom is 0.162 e. The third kappa shape index (κ3) is 5.97. The van der Waals surface area contributed by atoms with Crippen molar-refractivity contribution in [2.75, 3.05) is 57.4 Å². The van der Waals surface area contributed by atoms with E-state index in [1.807, 2.05) is 9.80 Å². The first kappa shape index (κ1) is 23.8. The normalized spacial score (nSPS) is 23.8. The van der Waals surface area contributed by atoms with Gasteiger partial charge in [0.05, 0.1) is 24.5 Å². The van der Waals surface area contributed by atoms with E-state index >= 15 is 0 Å². The van der Waals surface area contributed by atoms with Gasteiger partial charge in [0, 0.05) is 38.8 Å². The molecule has 0 aromatic heterocycles. The zero-order chi connectivity index (χ0) is 23.5. The van der Waals surface area contributed by atoms with E-state index in [1.54, 1.807) is 18.2 Å². The third-order valence-corrected chi connectivity index (χ3v) is 6.24. The van der Waals surface area contributed by atoms with E-state index in [2.05, 4.69) is 0 Å². The quantitative estimate of drug-likeness (QED) is 0.683. The summed E-state index contributed by atoms with van der Waals surface area (Å²) < 4.78 is 51.7. The lowest BCUT2D eigenvalue weighted by Gasteiger charge is -2.42. The van der Waals surface area contributed by atoms with Crippen LogP contribution in [0.4, 0.5) is 18.9 Å². The Kier molecular flexibility index (Phi) is 7.13. The van der Waals surface area contributed by atoms with Crippen molar-refractivity contribution in [3.8, 4) is 5.75 Å². The molecule has 0 radical (unpaired) electrons. The van der Waals surface area contributed by atoms with E-state index in [0.717, 1.165) is 12.1 Å². The summed E-state index contributed by atoms with van der Waals surface area (Å²) in [5.74, 6) is -2.17. The van der Waals surface area contributed by atoms with Gasteiger partial charge in [-0.15, -0.1) is 0 Å². The van der Waals surface area contributed by atoms with Crippen molar-refractivity contribution in [3.05, 3.63) is 59.9 Å². The summed E-state index contributed by atoms with van der Waals surface area (Å²) in [6, 6.07) is 9.80. The van der Waals surface area contributed by atoms with Crippen LogP contribution in [0.25, 0.3) is 0 Å². The lowest BCUT2D eigenvalue weighted by molar-refractivity contribution is -0.0743. The first-order chi connectivity index (χ1) is 15.8. The molecule has 9 heteroatoms. The molecular weight excluding hydrogens is 437 g/mol. The molecule has 2 fully saturated rings. The lowest BCUT2D eigenvalue weighted by Crippen LogP contribution is -2.55. The number of β-amino-alcohol motifs (C(OH)–C–C–N with tert-alkyl or cyclic N) is 2. The highest BCUT2D eigenvalue weighted by Crippen LogP contribution is 2.29. The Morgan fingerprint density at radius 1 is 0.909 bits per heavy atom. The Morgan fingerprint density at radius 3 is 2.39 bits per heavy atom. The summed E-state index contributed by atoms with van der Waals surface area (Å²) in [4.78, 5) is 3.86. The topological polar surface area (TPSA) is 65.4 Å². The number of hydrogen-bond donors (Lipinski definition) is 2. The van der Waals surface area contributed by atoms with Gasteiger partial charge >= 0.3 is 0 Å². The van der Waals surface area contributed by atoms with Gasteiger partial charge in [0.25, 0.3) is 0 Å². The van der Waals surface area contributed by atoms with E-state index < -0.39 is 22.8 Å². The van der Waals surface area contributed by atoms with Crippen LogP contribution in [0.5, 0.6) is 5.75 Å². The van der Waals surface area contributed by atoms with Crippen LogP contribution in [-0.2, 0) is 4.74 Å². The minimum Gasteiger partial charge on any atom is -0.490 e. The van der Waals surface area contributed by atoms with Gasteiger partial charge in [0.2, 0.25) is 0 Å². The number of para-hydroxylation sites is 1. The second kappa shape index (κ2) is 9.89. The number of benzene rings is 2. The number of anilines is 1. The summed E-state index contributed by atoms with van der Waals surface area (Å²) in [6.45, 7) is 2.31. The lowest BCUT2D eigenvalue weighted by atomic mass is 9.90. The summed E-state index contributed by atoms with van der Waals surface area (Å²) in [7, 11) is 0. The smallest absolute Gasteiger partial charge is 0.162 e. The van der Waals surface area contributed by atoms with Gasteiger partial charge in [0.15, 0.2) is 11.6 Å². The molecule has 4 rings (SSSR count). The number of halogens is 3. The van der Waals surface area contributed by atoms with Crippen molar-refractivity contribution in [1.82, 2.24) is 4.90 Å². The van der Waals surface area contributed by atoms with Crippen molar-refractivity contribution in [2.45, 2.75) is 24.0 Å². The summed E-state index contributed by atoms with van der Waals surface area (Å²) >= 11 is 0. The SMILES string of the molecule is OC1(CN2CCOCC(O)(COc3ccc(F)c(F)c3)C2)CCN(c2ccccc2F)CC1. The van der Waals surface area contributed by atoms with Crippen LogP contribution in [-0.4, -0.2) is 78.9 Å². The van der Waals surface area contributed by atoms with Crippen LogP contribution in [0.2, 0.25) is 0 Å². The molecule has 0 amide bonds. The Bertz CT molecular complexity index is 955. The van der Waals surface area contributed by atoms with Crippen molar-refractivity contribution >= 4 is 5.69 Å². The standard InChI is InChI=1S/C24H29F3N2O4/c25-19-6-5-18(13-21(19)27)33-17-24(31)15-28(11-12-32-16-24)14-23(30)7-9-29(10-8-23)22-4-2-1-3-20(22)26/h1-6,13,30-31H,7-12,14-17H2. The molecule has 0 saturated carbocycles. The largest absolute Gasteiger partial charge is 0.490 e. The monoisotopic (exact) mass is 466 g/mol. The van der Waals surface area contributed by atoms with Gasteiger partial charge in [-0.25, -0.2) is 13.2 Å². The number of hydrogen-bond acceptors (Lipinski definition) is 6. The number of piperidine rings is 1.